The molecule has 1 aromatic heterocycles. The second-order valence-corrected chi connectivity index (χ2v) is 5.79. The molecular weight excluding hydrogens is 395 g/mol. The van der Waals surface area contributed by atoms with Crippen LogP contribution in [0.2, 0.25) is 0 Å². The molecule has 0 saturated carbocycles. The maximum atomic E-state index is 13.1. The van der Waals surface area contributed by atoms with Crippen LogP contribution in [-0.2, 0) is 11.3 Å². The van der Waals surface area contributed by atoms with Gasteiger partial charge in [0.25, 0.3) is 5.89 Å². The third kappa shape index (κ3) is 4.03. The van der Waals surface area contributed by atoms with Crippen molar-refractivity contribution in [3.05, 3.63) is 64.2 Å². The fraction of sp³-hybridized carbons (Fsp3) is 0.118. The maximum Gasteiger partial charge on any atom is 0.339 e. The van der Waals surface area contributed by atoms with Gasteiger partial charge in [-0.3, -0.25) is 0 Å². The van der Waals surface area contributed by atoms with Gasteiger partial charge in [-0.05, 0) is 58.4 Å². The van der Waals surface area contributed by atoms with Crippen LogP contribution in [0.3, 0.4) is 0 Å². The van der Waals surface area contributed by atoms with Gasteiger partial charge in [0.15, 0.2) is 6.61 Å². The molecule has 3 aromatic rings. The molecule has 0 aliphatic heterocycles. The fourth-order valence-electron chi connectivity index (χ4n) is 2.03. The number of hydrogen-bond acceptors (Lipinski definition) is 6. The minimum atomic E-state index is -0.629. The van der Waals surface area contributed by atoms with Crippen molar-refractivity contribution in [3.63, 3.8) is 0 Å². The average Bonchev–Trinajstić information content (AvgIpc) is 3.09. The molecule has 1 heterocycles. The second kappa shape index (κ2) is 7.43. The summed E-state index contributed by atoms with van der Waals surface area (Å²) in [5.41, 5.74) is 0.944. The number of rotatable bonds is 5. The summed E-state index contributed by atoms with van der Waals surface area (Å²) in [4.78, 5) is 16.2. The third-order valence-electron chi connectivity index (χ3n) is 3.29. The summed E-state index contributed by atoms with van der Waals surface area (Å²) in [6.45, 7) is -0.189. The summed E-state index contributed by atoms with van der Waals surface area (Å²) < 4.78 is 28.6. The molecule has 0 amide bonds. The third-order valence-corrected chi connectivity index (χ3v) is 3.95. The summed E-state index contributed by atoms with van der Waals surface area (Å²) >= 11 is 3.12. The second-order valence-electron chi connectivity index (χ2n) is 4.94. The highest BCUT2D eigenvalue weighted by Crippen LogP contribution is 2.21. The number of methoxy groups -OCH3 is 1. The van der Waals surface area contributed by atoms with E-state index in [4.69, 9.17) is 14.0 Å². The quantitative estimate of drug-likeness (QED) is 0.596. The lowest BCUT2D eigenvalue weighted by Crippen LogP contribution is -2.06. The molecule has 3 rings (SSSR count). The zero-order chi connectivity index (χ0) is 17.8. The van der Waals surface area contributed by atoms with Crippen LogP contribution in [0.25, 0.3) is 11.4 Å². The highest BCUT2D eigenvalue weighted by atomic mass is 79.9. The number of carbonyl (C=O) groups excluding carboxylic acids is 1. The van der Waals surface area contributed by atoms with E-state index >= 15 is 0 Å². The van der Waals surface area contributed by atoms with Crippen LogP contribution < -0.4 is 4.74 Å². The van der Waals surface area contributed by atoms with Crippen molar-refractivity contribution in [2.24, 2.45) is 0 Å². The van der Waals surface area contributed by atoms with Gasteiger partial charge in [0.05, 0.1) is 12.7 Å². The van der Waals surface area contributed by atoms with Gasteiger partial charge in [-0.15, -0.1) is 0 Å². The van der Waals surface area contributed by atoms with E-state index in [0.29, 0.717) is 16.0 Å². The van der Waals surface area contributed by atoms with Crippen LogP contribution in [0, 0.1) is 5.82 Å². The first-order valence-corrected chi connectivity index (χ1v) is 7.95. The fourth-order valence-corrected chi connectivity index (χ4v) is 2.54. The Hall–Kier alpha value is -2.74. The smallest absolute Gasteiger partial charge is 0.339 e. The van der Waals surface area contributed by atoms with Gasteiger partial charge in [0, 0.05) is 10.0 Å². The summed E-state index contributed by atoms with van der Waals surface area (Å²) in [6, 6.07) is 10.8. The van der Waals surface area contributed by atoms with Crippen molar-refractivity contribution in [2.75, 3.05) is 7.11 Å². The minimum absolute atomic E-state index is 0.150. The van der Waals surface area contributed by atoms with Crippen LogP contribution in [0.1, 0.15) is 16.2 Å². The summed E-state index contributed by atoms with van der Waals surface area (Å²) in [5.74, 6) is 0.154. The normalized spacial score (nSPS) is 10.5. The lowest BCUT2D eigenvalue weighted by atomic mass is 10.2. The highest BCUT2D eigenvalue weighted by Gasteiger charge is 2.15. The lowest BCUT2D eigenvalue weighted by molar-refractivity contribution is 0.0428. The average molecular weight is 407 g/mol. The van der Waals surface area contributed by atoms with Gasteiger partial charge in [-0.1, -0.05) is 5.16 Å². The van der Waals surface area contributed by atoms with E-state index in [9.17, 15) is 9.18 Å². The molecule has 0 radical (unpaired) electrons. The monoisotopic (exact) mass is 406 g/mol. The largest absolute Gasteiger partial charge is 0.497 e. The number of nitrogens with zero attached hydrogens (tertiary/aromatic N) is 2. The van der Waals surface area contributed by atoms with Gasteiger partial charge in [-0.2, -0.15) is 4.98 Å². The summed E-state index contributed by atoms with van der Waals surface area (Å²) in [6.07, 6.45) is 0. The molecule has 0 aliphatic carbocycles. The van der Waals surface area contributed by atoms with Gasteiger partial charge < -0.3 is 14.0 Å². The molecule has 0 atom stereocenters. The van der Waals surface area contributed by atoms with Crippen LogP contribution >= 0.6 is 15.9 Å². The van der Waals surface area contributed by atoms with Crippen LogP contribution in [0.15, 0.2) is 51.5 Å². The summed E-state index contributed by atoms with van der Waals surface area (Å²) in [5, 5.41) is 3.84. The molecule has 0 aliphatic rings. The van der Waals surface area contributed by atoms with E-state index in [1.807, 2.05) is 0 Å². The number of halogens is 2. The molecule has 0 saturated heterocycles. The Morgan fingerprint density at radius 1 is 1.24 bits per heavy atom. The van der Waals surface area contributed by atoms with E-state index in [2.05, 4.69) is 26.1 Å². The Balaban J connectivity index is 1.66. The lowest BCUT2D eigenvalue weighted by Gasteiger charge is -2.04. The first-order valence-electron chi connectivity index (χ1n) is 7.16. The number of benzene rings is 2. The number of esters is 1. The maximum absolute atomic E-state index is 13.1. The predicted molar refractivity (Wildman–Crippen MR) is 89.5 cm³/mol. The molecule has 8 heteroatoms. The SMILES string of the molecule is COc1ccc(-c2noc(COC(=O)c3ccc(F)cc3Br)n2)cc1. The molecule has 0 spiro atoms. The van der Waals surface area contributed by atoms with Crippen molar-refractivity contribution in [3.8, 4) is 17.1 Å². The topological polar surface area (TPSA) is 74.5 Å². The summed E-state index contributed by atoms with van der Waals surface area (Å²) in [7, 11) is 1.58. The number of aromatic nitrogens is 2. The van der Waals surface area contributed by atoms with E-state index < -0.39 is 11.8 Å². The molecule has 0 unspecified atom stereocenters. The van der Waals surface area contributed by atoms with Crippen molar-refractivity contribution >= 4 is 21.9 Å². The number of carbonyl (C=O) groups is 1. The van der Waals surface area contributed by atoms with E-state index in [0.717, 1.165) is 5.56 Å². The number of hydrogen-bond donors (Lipinski definition) is 0. The molecule has 25 heavy (non-hydrogen) atoms. The zero-order valence-corrected chi connectivity index (χ0v) is 14.6. The van der Waals surface area contributed by atoms with Crippen LogP contribution in [0.5, 0.6) is 5.75 Å². The Kier molecular flexibility index (Phi) is 5.08. The molecule has 2 aromatic carbocycles. The van der Waals surface area contributed by atoms with Gasteiger partial charge in [-0.25, -0.2) is 9.18 Å². The number of ether oxygens (including phenoxy) is 2. The Bertz CT molecular complexity index is 896. The Morgan fingerprint density at radius 3 is 2.68 bits per heavy atom. The standard InChI is InChI=1S/C17H12BrFN2O4/c1-23-12-5-2-10(3-6-12)16-20-15(25-21-16)9-24-17(22)13-7-4-11(19)8-14(13)18/h2-8H,9H2,1H3. The van der Waals surface area contributed by atoms with E-state index in [1.165, 1.54) is 18.2 Å². The molecule has 0 bridgehead atoms. The van der Waals surface area contributed by atoms with Crippen molar-refractivity contribution < 1.29 is 23.2 Å². The van der Waals surface area contributed by atoms with Crippen molar-refractivity contribution in [1.82, 2.24) is 10.1 Å². The molecule has 128 valence electrons. The van der Waals surface area contributed by atoms with Gasteiger partial charge >= 0.3 is 5.97 Å². The van der Waals surface area contributed by atoms with Crippen LogP contribution in [0.4, 0.5) is 4.39 Å². The molecular formula is C17H12BrFN2O4. The van der Waals surface area contributed by atoms with Crippen molar-refractivity contribution in [1.29, 1.82) is 0 Å². The van der Waals surface area contributed by atoms with Crippen molar-refractivity contribution in [2.45, 2.75) is 6.61 Å². The Morgan fingerprint density at radius 2 is 2.00 bits per heavy atom. The molecule has 0 fully saturated rings. The van der Waals surface area contributed by atoms with Gasteiger partial charge in [0.2, 0.25) is 5.82 Å². The van der Waals surface area contributed by atoms with E-state index in [-0.39, 0.29) is 18.1 Å². The Labute approximate surface area is 150 Å². The van der Waals surface area contributed by atoms with Gasteiger partial charge in [0.1, 0.15) is 11.6 Å². The van der Waals surface area contributed by atoms with E-state index in [1.54, 1.807) is 31.4 Å². The van der Waals surface area contributed by atoms with Crippen LogP contribution in [-0.4, -0.2) is 23.2 Å². The molecule has 0 N–H and O–H groups in total. The zero-order valence-electron chi connectivity index (χ0n) is 13.0. The first-order chi connectivity index (χ1) is 12.1. The highest BCUT2D eigenvalue weighted by molar-refractivity contribution is 9.10. The first kappa shape index (κ1) is 17.1. The minimum Gasteiger partial charge on any atom is -0.497 e. The molecule has 6 nitrogen and oxygen atoms in total. The predicted octanol–water partition coefficient (Wildman–Crippen LogP) is 4.00.